The number of carbonyl (C=O) groups excluding carboxylic acids is 5. The van der Waals surface area contributed by atoms with Gasteiger partial charge in [0, 0.05) is 37.9 Å². The van der Waals surface area contributed by atoms with Crippen LogP contribution in [0, 0.1) is 17.8 Å². The van der Waals surface area contributed by atoms with E-state index in [9.17, 15) is 45.9 Å². The van der Waals surface area contributed by atoms with Crippen LogP contribution in [0.25, 0.3) is 0 Å². The summed E-state index contributed by atoms with van der Waals surface area (Å²) in [6.07, 6.45) is -4.24. The van der Waals surface area contributed by atoms with Gasteiger partial charge in [0.25, 0.3) is 5.92 Å². The topological polar surface area (TPSA) is 134 Å². The van der Waals surface area contributed by atoms with Crippen LogP contribution < -0.4 is 16.0 Å². The van der Waals surface area contributed by atoms with Crippen LogP contribution in [0.2, 0.25) is 0 Å². The second kappa shape index (κ2) is 10.7. The van der Waals surface area contributed by atoms with E-state index in [2.05, 4.69) is 20.7 Å². The van der Waals surface area contributed by atoms with Gasteiger partial charge in [-0.3, -0.25) is 28.7 Å². The molecule has 2 heterocycles. The molecule has 5 atom stereocenters. The molecule has 212 valence electrons. The molecule has 2 aliphatic carbocycles. The molecule has 0 bridgehead atoms. The highest BCUT2D eigenvalue weighted by Crippen LogP contribution is 2.42. The number of rotatable bonds is 8. The first-order valence-electron chi connectivity index (χ1n) is 12.5. The lowest BCUT2D eigenvalue weighted by Gasteiger charge is -2.35. The molecule has 0 radical (unpaired) electrons. The van der Waals surface area contributed by atoms with Crippen molar-refractivity contribution < 1.29 is 50.7 Å². The monoisotopic (exact) mass is 552 g/mol. The minimum Gasteiger partial charge on any atom is -0.356 e. The van der Waals surface area contributed by atoms with Crippen molar-refractivity contribution in [3.63, 3.8) is 0 Å². The molecule has 0 spiro atoms. The molecular formula is C23H29F5N4O6. The Bertz CT molecular complexity index is 984. The maximum Gasteiger partial charge on any atom is 0.522 e. The van der Waals surface area contributed by atoms with Gasteiger partial charge in [0.05, 0.1) is 6.04 Å². The van der Waals surface area contributed by atoms with Crippen molar-refractivity contribution in [2.45, 2.75) is 75.4 Å². The van der Waals surface area contributed by atoms with Gasteiger partial charge < -0.3 is 20.9 Å². The van der Waals surface area contributed by atoms with Crippen LogP contribution in [0.5, 0.6) is 0 Å². The van der Waals surface area contributed by atoms with E-state index in [4.69, 9.17) is 0 Å². The zero-order valence-electron chi connectivity index (χ0n) is 20.3. The van der Waals surface area contributed by atoms with Crippen LogP contribution in [-0.2, 0) is 28.7 Å². The number of alkyl halides is 5. The first-order chi connectivity index (χ1) is 17.7. The number of halogens is 5. The van der Waals surface area contributed by atoms with E-state index in [1.165, 1.54) is 0 Å². The number of hydrogen-bond acceptors (Lipinski definition) is 6. The minimum atomic E-state index is -5.08. The number of hydrogen-bond donors (Lipinski definition) is 3. The number of ketones is 1. The van der Waals surface area contributed by atoms with Crippen molar-refractivity contribution in [1.29, 1.82) is 0 Å². The number of likely N-dealkylation sites (tertiary alicyclic amines) is 1. The fourth-order valence-electron chi connectivity index (χ4n) is 5.93. The fourth-order valence-corrected chi connectivity index (χ4v) is 5.93. The molecule has 0 aromatic heterocycles. The highest BCUT2D eigenvalue weighted by molar-refractivity contribution is 6.35. The number of amides is 4. The standard InChI is InChI=1S/C23H29F5N4O6/c24-22(25)7-13(8-22)30-20(36)21(37)32-9-12-2-1-3-14(12)17(32)19(35)31-15(6-11-4-5-29-18(11)34)16(33)10-38-23(26,27)28/h11-15,17H,1-10H2,(H,29,34)(H,30,36)(H,31,35)/t11?,12?,14?,15?,17-/m0/s1. The summed E-state index contributed by atoms with van der Waals surface area (Å²) in [5.74, 6) is -8.64. The van der Waals surface area contributed by atoms with Crippen LogP contribution in [0.15, 0.2) is 0 Å². The Morgan fingerprint density at radius 3 is 2.45 bits per heavy atom. The molecule has 38 heavy (non-hydrogen) atoms. The van der Waals surface area contributed by atoms with Crippen LogP contribution in [0.4, 0.5) is 22.0 Å². The van der Waals surface area contributed by atoms with Gasteiger partial charge in [0.2, 0.25) is 11.8 Å². The second-order valence-electron chi connectivity index (χ2n) is 10.5. The van der Waals surface area contributed by atoms with E-state index < -0.39 is 85.2 Å². The van der Waals surface area contributed by atoms with Crippen molar-refractivity contribution in [2.75, 3.05) is 19.7 Å². The lowest BCUT2D eigenvalue weighted by molar-refractivity contribution is -0.321. The van der Waals surface area contributed by atoms with E-state index in [1.807, 2.05) is 0 Å². The summed E-state index contributed by atoms with van der Waals surface area (Å²) in [5.41, 5.74) is 0. The first kappa shape index (κ1) is 28.2. The lowest BCUT2D eigenvalue weighted by Crippen LogP contribution is -2.58. The van der Waals surface area contributed by atoms with Gasteiger partial charge in [-0.2, -0.15) is 0 Å². The normalized spacial score (nSPS) is 29.3. The third-order valence-corrected chi connectivity index (χ3v) is 7.81. The molecule has 2 saturated carbocycles. The summed E-state index contributed by atoms with van der Waals surface area (Å²) < 4.78 is 67.5. The molecule has 0 aromatic carbocycles. The maximum atomic E-state index is 13.4. The zero-order valence-corrected chi connectivity index (χ0v) is 20.3. The Labute approximate surface area is 214 Å². The molecule has 4 amide bonds. The Morgan fingerprint density at radius 2 is 1.84 bits per heavy atom. The van der Waals surface area contributed by atoms with E-state index in [0.29, 0.717) is 25.8 Å². The number of carbonyl (C=O) groups is 5. The van der Waals surface area contributed by atoms with Crippen molar-refractivity contribution in [3.8, 4) is 0 Å². The van der Waals surface area contributed by atoms with E-state index in [0.717, 1.165) is 11.3 Å². The van der Waals surface area contributed by atoms with Crippen molar-refractivity contribution in [3.05, 3.63) is 0 Å². The van der Waals surface area contributed by atoms with Gasteiger partial charge in [-0.15, -0.1) is 13.2 Å². The van der Waals surface area contributed by atoms with E-state index in [-0.39, 0.29) is 24.8 Å². The third-order valence-electron chi connectivity index (χ3n) is 7.81. The molecule has 10 nitrogen and oxygen atoms in total. The van der Waals surface area contributed by atoms with Crippen LogP contribution >= 0.6 is 0 Å². The Morgan fingerprint density at radius 1 is 1.13 bits per heavy atom. The summed E-state index contributed by atoms with van der Waals surface area (Å²) in [6.45, 7) is -0.999. The Hall–Kier alpha value is -2.84. The Kier molecular flexibility index (Phi) is 7.96. The van der Waals surface area contributed by atoms with Crippen LogP contribution in [0.3, 0.4) is 0 Å². The van der Waals surface area contributed by atoms with Crippen LogP contribution in [-0.4, -0.2) is 84.4 Å². The molecule has 4 fully saturated rings. The second-order valence-corrected chi connectivity index (χ2v) is 10.5. The van der Waals surface area contributed by atoms with Gasteiger partial charge in [-0.25, -0.2) is 8.78 Å². The zero-order chi connectivity index (χ0) is 27.8. The fraction of sp³-hybridized carbons (Fsp3) is 0.783. The predicted octanol–water partition coefficient (Wildman–Crippen LogP) is 0.644. The lowest BCUT2D eigenvalue weighted by atomic mass is 9.88. The van der Waals surface area contributed by atoms with Crippen LogP contribution in [0.1, 0.15) is 44.9 Å². The summed E-state index contributed by atoms with van der Waals surface area (Å²) in [5, 5.41) is 7.22. The molecular weight excluding hydrogens is 523 g/mol. The largest absolute Gasteiger partial charge is 0.522 e. The first-order valence-corrected chi connectivity index (χ1v) is 12.5. The molecule has 3 N–H and O–H groups in total. The van der Waals surface area contributed by atoms with Gasteiger partial charge in [0.1, 0.15) is 12.6 Å². The van der Waals surface area contributed by atoms with Gasteiger partial charge >= 0.3 is 18.2 Å². The van der Waals surface area contributed by atoms with Gasteiger partial charge in [0.15, 0.2) is 5.78 Å². The number of fused-ring (bicyclic) bond motifs is 1. The summed E-state index contributed by atoms with van der Waals surface area (Å²) >= 11 is 0. The number of Topliss-reactive ketones (excluding diaryl/α,β-unsaturated/α-hetero) is 1. The SMILES string of the molecule is O=C(NC1CC(F)(F)C1)C(=O)N1CC2CCCC2[C@H]1C(=O)NC(CC1CCNC1=O)C(=O)COC(F)(F)F. The highest BCUT2D eigenvalue weighted by Gasteiger charge is 2.52. The molecule has 4 rings (SSSR count). The molecule has 2 saturated heterocycles. The minimum absolute atomic E-state index is 0.0661. The smallest absolute Gasteiger partial charge is 0.356 e. The third kappa shape index (κ3) is 6.41. The number of ether oxygens (including phenoxy) is 1. The van der Waals surface area contributed by atoms with E-state index in [1.54, 1.807) is 0 Å². The predicted molar refractivity (Wildman–Crippen MR) is 117 cm³/mol. The summed E-state index contributed by atoms with van der Waals surface area (Å²) in [6, 6.07) is -3.55. The molecule has 4 aliphatic rings. The van der Waals surface area contributed by atoms with Crippen molar-refractivity contribution in [2.24, 2.45) is 17.8 Å². The molecule has 15 heteroatoms. The van der Waals surface area contributed by atoms with Crippen molar-refractivity contribution in [1.82, 2.24) is 20.9 Å². The molecule has 2 aliphatic heterocycles. The Balaban J connectivity index is 1.47. The number of nitrogens with zero attached hydrogens (tertiary/aromatic N) is 1. The van der Waals surface area contributed by atoms with Gasteiger partial charge in [-0.1, -0.05) is 6.42 Å². The van der Waals surface area contributed by atoms with Crippen molar-refractivity contribution >= 4 is 29.4 Å². The maximum absolute atomic E-state index is 13.4. The van der Waals surface area contributed by atoms with Gasteiger partial charge in [-0.05, 0) is 37.5 Å². The molecule has 4 unspecified atom stereocenters. The van der Waals surface area contributed by atoms with E-state index >= 15 is 0 Å². The molecule has 0 aromatic rings. The summed E-state index contributed by atoms with van der Waals surface area (Å²) in [4.78, 5) is 64.6. The quantitative estimate of drug-likeness (QED) is 0.299. The highest BCUT2D eigenvalue weighted by atomic mass is 19.4. The summed E-state index contributed by atoms with van der Waals surface area (Å²) in [7, 11) is 0. The average molecular weight is 552 g/mol. The average Bonchev–Trinajstić information content (AvgIpc) is 3.50. The number of nitrogens with one attached hydrogen (secondary N) is 3.